The van der Waals surface area contributed by atoms with E-state index in [-0.39, 0.29) is 0 Å². The number of nitrogens with zero attached hydrogens (tertiary/aromatic N) is 1. The van der Waals surface area contributed by atoms with E-state index in [0.29, 0.717) is 22.7 Å². The van der Waals surface area contributed by atoms with E-state index in [1.165, 1.54) is 7.11 Å². The molecule has 0 unspecified atom stereocenters. The largest absolute Gasteiger partial charge is 0.465 e. The van der Waals surface area contributed by atoms with E-state index in [1.54, 1.807) is 18.2 Å². The Labute approximate surface area is 123 Å². The Balaban J connectivity index is 2.30. The number of benzene rings is 2. The standard InChI is InChI=1S/C16H18N2O3/c1-18(2)12-5-4-6-13(10-12)21-15-9-11(16(19)20-3)7-8-14(15)17/h4-10H,17H2,1-3H3. The van der Waals surface area contributed by atoms with Crippen LogP contribution in [0.5, 0.6) is 11.5 Å². The number of carbonyl (C=O) groups is 1. The summed E-state index contributed by atoms with van der Waals surface area (Å²) in [6.07, 6.45) is 0. The van der Waals surface area contributed by atoms with E-state index in [2.05, 4.69) is 4.74 Å². The molecule has 2 aromatic rings. The molecule has 0 saturated heterocycles. The van der Waals surface area contributed by atoms with Crippen LogP contribution in [0.4, 0.5) is 11.4 Å². The molecule has 0 spiro atoms. The summed E-state index contributed by atoms with van der Waals surface area (Å²) in [5.41, 5.74) is 7.75. The molecule has 2 rings (SSSR count). The summed E-state index contributed by atoms with van der Waals surface area (Å²) < 4.78 is 10.5. The van der Waals surface area contributed by atoms with Crippen LogP contribution in [0.25, 0.3) is 0 Å². The van der Waals surface area contributed by atoms with Crippen LogP contribution in [0.1, 0.15) is 10.4 Å². The van der Waals surface area contributed by atoms with Gasteiger partial charge in [-0.25, -0.2) is 4.79 Å². The molecule has 2 N–H and O–H groups in total. The number of ether oxygens (including phenoxy) is 2. The van der Waals surface area contributed by atoms with E-state index in [1.807, 2.05) is 43.3 Å². The molecule has 110 valence electrons. The Kier molecular flexibility index (Phi) is 4.33. The molecule has 0 fully saturated rings. The third-order valence-corrected chi connectivity index (χ3v) is 3.00. The third-order valence-electron chi connectivity index (χ3n) is 3.00. The molecule has 0 atom stereocenters. The highest BCUT2D eigenvalue weighted by Gasteiger charge is 2.10. The normalized spacial score (nSPS) is 10.0. The monoisotopic (exact) mass is 286 g/mol. The number of methoxy groups -OCH3 is 1. The summed E-state index contributed by atoms with van der Waals surface area (Å²) in [5, 5.41) is 0. The summed E-state index contributed by atoms with van der Waals surface area (Å²) in [4.78, 5) is 13.5. The van der Waals surface area contributed by atoms with E-state index in [4.69, 9.17) is 10.5 Å². The molecule has 0 aromatic heterocycles. The van der Waals surface area contributed by atoms with E-state index < -0.39 is 5.97 Å². The van der Waals surface area contributed by atoms with Crippen LogP contribution >= 0.6 is 0 Å². The van der Waals surface area contributed by atoms with Gasteiger partial charge in [-0.05, 0) is 30.3 Å². The minimum atomic E-state index is -0.429. The molecule has 21 heavy (non-hydrogen) atoms. The Bertz CT molecular complexity index is 654. The number of nitrogen functional groups attached to an aromatic ring is 1. The molecule has 0 bridgehead atoms. The number of hydrogen-bond donors (Lipinski definition) is 1. The second kappa shape index (κ2) is 6.17. The zero-order valence-electron chi connectivity index (χ0n) is 12.3. The van der Waals surface area contributed by atoms with Gasteiger partial charge in [0.05, 0.1) is 18.4 Å². The fraction of sp³-hybridized carbons (Fsp3) is 0.188. The van der Waals surface area contributed by atoms with Crippen molar-refractivity contribution in [3.8, 4) is 11.5 Å². The zero-order chi connectivity index (χ0) is 15.4. The minimum absolute atomic E-state index is 0.394. The first-order chi connectivity index (χ1) is 10.0. The maximum atomic E-state index is 11.5. The molecule has 0 heterocycles. The summed E-state index contributed by atoms with van der Waals surface area (Å²) >= 11 is 0. The van der Waals surface area contributed by atoms with Crippen molar-refractivity contribution in [2.45, 2.75) is 0 Å². The molecule has 0 aliphatic heterocycles. The SMILES string of the molecule is COC(=O)c1ccc(N)c(Oc2cccc(N(C)C)c2)c1. The van der Waals surface area contributed by atoms with Gasteiger partial charge in [0.25, 0.3) is 0 Å². The summed E-state index contributed by atoms with van der Waals surface area (Å²) in [7, 11) is 5.23. The fourth-order valence-corrected chi connectivity index (χ4v) is 1.82. The van der Waals surface area contributed by atoms with Gasteiger partial charge < -0.3 is 20.1 Å². The van der Waals surface area contributed by atoms with Gasteiger partial charge in [0.1, 0.15) is 5.75 Å². The second-order valence-corrected chi connectivity index (χ2v) is 4.74. The van der Waals surface area contributed by atoms with Gasteiger partial charge in [0.15, 0.2) is 5.75 Å². The highest BCUT2D eigenvalue weighted by atomic mass is 16.5. The van der Waals surface area contributed by atoms with Gasteiger partial charge in [-0.2, -0.15) is 0 Å². The Morgan fingerprint density at radius 3 is 2.57 bits per heavy atom. The number of nitrogens with two attached hydrogens (primary N) is 1. The highest BCUT2D eigenvalue weighted by molar-refractivity contribution is 5.90. The molecular weight excluding hydrogens is 268 g/mol. The lowest BCUT2D eigenvalue weighted by atomic mass is 10.2. The molecule has 5 nitrogen and oxygen atoms in total. The van der Waals surface area contributed by atoms with Crippen LogP contribution < -0.4 is 15.4 Å². The number of hydrogen-bond acceptors (Lipinski definition) is 5. The van der Waals surface area contributed by atoms with E-state index >= 15 is 0 Å². The number of anilines is 2. The molecule has 0 amide bonds. The second-order valence-electron chi connectivity index (χ2n) is 4.74. The smallest absolute Gasteiger partial charge is 0.337 e. The van der Waals surface area contributed by atoms with Crippen LogP contribution in [0.3, 0.4) is 0 Å². The average molecular weight is 286 g/mol. The number of rotatable bonds is 4. The maximum absolute atomic E-state index is 11.5. The molecule has 0 aliphatic rings. The van der Waals surface area contributed by atoms with Gasteiger partial charge in [-0.3, -0.25) is 0 Å². The maximum Gasteiger partial charge on any atom is 0.337 e. The van der Waals surface area contributed by atoms with E-state index in [9.17, 15) is 4.79 Å². The fourth-order valence-electron chi connectivity index (χ4n) is 1.82. The van der Waals surface area contributed by atoms with Gasteiger partial charge in [-0.1, -0.05) is 6.07 Å². The quantitative estimate of drug-likeness (QED) is 0.691. The number of esters is 1. The van der Waals surface area contributed by atoms with Crippen molar-refractivity contribution >= 4 is 17.3 Å². The van der Waals surface area contributed by atoms with Gasteiger partial charge in [0.2, 0.25) is 0 Å². The van der Waals surface area contributed by atoms with Crippen LogP contribution in [0.15, 0.2) is 42.5 Å². The predicted molar refractivity (Wildman–Crippen MR) is 83.0 cm³/mol. The predicted octanol–water partition coefficient (Wildman–Crippen LogP) is 2.91. The zero-order valence-corrected chi connectivity index (χ0v) is 12.3. The Morgan fingerprint density at radius 2 is 1.90 bits per heavy atom. The van der Waals surface area contributed by atoms with Crippen molar-refractivity contribution in [1.82, 2.24) is 0 Å². The lowest BCUT2D eigenvalue weighted by molar-refractivity contribution is 0.0600. The third kappa shape index (κ3) is 3.45. The first-order valence-corrected chi connectivity index (χ1v) is 6.44. The van der Waals surface area contributed by atoms with Crippen LogP contribution in [0.2, 0.25) is 0 Å². The Morgan fingerprint density at radius 1 is 1.14 bits per heavy atom. The van der Waals surface area contributed by atoms with Gasteiger partial charge >= 0.3 is 5.97 Å². The molecule has 2 aromatic carbocycles. The van der Waals surface area contributed by atoms with Crippen molar-refractivity contribution in [3.05, 3.63) is 48.0 Å². The average Bonchev–Trinajstić information content (AvgIpc) is 2.49. The van der Waals surface area contributed by atoms with Crippen LogP contribution in [-0.4, -0.2) is 27.2 Å². The molecule has 0 aliphatic carbocycles. The van der Waals surface area contributed by atoms with E-state index in [0.717, 1.165) is 5.69 Å². The van der Waals surface area contributed by atoms with Gasteiger partial charge in [0, 0.05) is 25.8 Å². The summed E-state index contributed by atoms with van der Waals surface area (Å²) in [5.74, 6) is 0.644. The van der Waals surface area contributed by atoms with Crippen molar-refractivity contribution < 1.29 is 14.3 Å². The molecule has 5 heteroatoms. The molecular formula is C16H18N2O3. The van der Waals surface area contributed by atoms with Crippen molar-refractivity contribution in [1.29, 1.82) is 0 Å². The number of carbonyl (C=O) groups excluding carboxylic acids is 1. The van der Waals surface area contributed by atoms with Crippen LogP contribution in [0, 0.1) is 0 Å². The first kappa shape index (κ1) is 14.7. The Hall–Kier alpha value is -2.69. The topological polar surface area (TPSA) is 64.8 Å². The lowest BCUT2D eigenvalue weighted by Crippen LogP contribution is -2.08. The molecule has 0 saturated carbocycles. The van der Waals surface area contributed by atoms with Crippen LogP contribution in [-0.2, 0) is 4.74 Å². The summed E-state index contributed by atoms with van der Waals surface area (Å²) in [6, 6.07) is 12.4. The molecule has 0 radical (unpaired) electrons. The van der Waals surface area contributed by atoms with Gasteiger partial charge in [-0.15, -0.1) is 0 Å². The van der Waals surface area contributed by atoms with Crippen molar-refractivity contribution in [2.75, 3.05) is 31.8 Å². The lowest BCUT2D eigenvalue weighted by Gasteiger charge is -2.15. The minimum Gasteiger partial charge on any atom is -0.465 e. The highest BCUT2D eigenvalue weighted by Crippen LogP contribution is 2.30. The first-order valence-electron chi connectivity index (χ1n) is 6.44. The van der Waals surface area contributed by atoms with Crippen molar-refractivity contribution in [2.24, 2.45) is 0 Å². The summed E-state index contributed by atoms with van der Waals surface area (Å²) in [6.45, 7) is 0. The van der Waals surface area contributed by atoms with Crippen molar-refractivity contribution in [3.63, 3.8) is 0 Å².